The molecule has 126 valence electrons. The summed E-state index contributed by atoms with van der Waals surface area (Å²) in [5, 5.41) is 7.00. The Balaban J connectivity index is 0.00000100. The molecule has 2 aromatic heterocycles. The number of aryl methyl sites for hydroxylation is 2. The number of carbonyl (C=O) groups excluding carboxylic acids is 1. The predicted molar refractivity (Wildman–Crippen MR) is 102 cm³/mol. The molecule has 5 nitrogen and oxygen atoms in total. The average molecular weight is 361 g/mol. The van der Waals surface area contributed by atoms with Crippen LogP contribution in [0.3, 0.4) is 0 Å². The quantitative estimate of drug-likeness (QED) is 0.703. The molecule has 3 aromatic rings. The van der Waals surface area contributed by atoms with Crippen LogP contribution in [0.15, 0.2) is 29.6 Å². The minimum Gasteiger partial charge on any atom is -0.366 e. The van der Waals surface area contributed by atoms with Gasteiger partial charge in [-0.1, -0.05) is 19.9 Å². The van der Waals surface area contributed by atoms with Crippen molar-refractivity contribution in [3.05, 3.63) is 45.9 Å². The lowest BCUT2D eigenvalue weighted by molar-refractivity contribution is 0.100. The van der Waals surface area contributed by atoms with Crippen LogP contribution in [0, 0.1) is 13.8 Å². The van der Waals surface area contributed by atoms with Crippen LogP contribution in [0.5, 0.6) is 0 Å². The minimum absolute atomic E-state index is 0.445. The van der Waals surface area contributed by atoms with E-state index in [4.69, 9.17) is 5.73 Å². The summed E-state index contributed by atoms with van der Waals surface area (Å²) in [4.78, 5) is 21.3. The van der Waals surface area contributed by atoms with Crippen LogP contribution in [-0.2, 0) is 0 Å². The summed E-state index contributed by atoms with van der Waals surface area (Å²) in [6.45, 7) is 7.98. The molecule has 3 rings (SSSR count). The fourth-order valence-electron chi connectivity index (χ4n) is 2.08. The average Bonchev–Trinajstić information content (AvgIpc) is 3.15. The number of benzene rings is 1. The highest BCUT2D eigenvalue weighted by atomic mass is 32.1. The molecular formula is C17H20N4OS2. The van der Waals surface area contributed by atoms with Crippen LogP contribution in [0.4, 0.5) is 10.8 Å². The van der Waals surface area contributed by atoms with E-state index in [9.17, 15) is 4.79 Å². The Labute approximate surface area is 149 Å². The van der Waals surface area contributed by atoms with E-state index < -0.39 is 5.91 Å². The van der Waals surface area contributed by atoms with Crippen LogP contribution in [0.1, 0.15) is 34.9 Å². The van der Waals surface area contributed by atoms with Crippen LogP contribution in [0.25, 0.3) is 10.6 Å². The van der Waals surface area contributed by atoms with Gasteiger partial charge < -0.3 is 11.1 Å². The van der Waals surface area contributed by atoms with Crippen molar-refractivity contribution >= 4 is 39.4 Å². The summed E-state index contributed by atoms with van der Waals surface area (Å²) in [6.07, 6.45) is 0. The standard InChI is InChI=1S/C15H14N4OS2.C2H6/c1-8-13(22-9(2)17-8)12-7-21-15(19-12)18-11-5-3-4-10(6-11)14(16)20;1-2/h3-7H,1-2H3,(H2,16,20)(H,18,19);1-2H3. The van der Waals surface area contributed by atoms with Crippen molar-refractivity contribution in [2.24, 2.45) is 5.73 Å². The van der Waals surface area contributed by atoms with Crippen molar-refractivity contribution in [1.82, 2.24) is 9.97 Å². The first-order valence-electron chi connectivity index (χ1n) is 7.60. The summed E-state index contributed by atoms with van der Waals surface area (Å²) < 4.78 is 0. The summed E-state index contributed by atoms with van der Waals surface area (Å²) in [7, 11) is 0. The lowest BCUT2D eigenvalue weighted by atomic mass is 10.2. The summed E-state index contributed by atoms with van der Waals surface area (Å²) in [5.41, 5.74) is 8.46. The molecule has 1 amide bonds. The van der Waals surface area contributed by atoms with E-state index in [0.29, 0.717) is 5.56 Å². The highest BCUT2D eigenvalue weighted by Crippen LogP contribution is 2.33. The van der Waals surface area contributed by atoms with E-state index >= 15 is 0 Å². The maximum Gasteiger partial charge on any atom is 0.248 e. The Morgan fingerprint density at radius 3 is 2.58 bits per heavy atom. The predicted octanol–water partition coefficient (Wildman–Crippen LogP) is 4.75. The number of nitrogens with one attached hydrogen (secondary N) is 1. The normalized spacial score (nSPS) is 10.0. The van der Waals surface area contributed by atoms with Crippen molar-refractivity contribution in [3.8, 4) is 10.6 Å². The molecule has 1 aromatic carbocycles. The second-order valence-electron chi connectivity index (χ2n) is 4.76. The number of nitrogens with two attached hydrogens (primary N) is 1. The monoisotopic (exact) mass is 360 g/mol. The molecule has 0 radical (unpaired) electrons. The smallest absolute Gasteiger partial charge is 0.248 e. The van der Waals surface area contributed by atoms with E-state index in [-0.39, 0.29) is 0 Å². The second kappa shape index (κ2) is 8.03. The molecular weight excluding hydrogens is 340 g/mol. The van der Waals surface area contributed by atoms with E-state index in [1.165, 1.54) is 11.3 Å². The van der Waals surface area contributed by atoms with Gasteiger partial charge in [-0.3, -0.25) is 4.79 Å². The lowest BCUT2D eigenvalue weighted by Crippen LogP contribution is -2.10. The zero-order valence-electron chi connectivity index (χ0n) is 14.1. The Hall–Kier alpha value is -2.25. The van der Waals surface area contributed by atoms with Gasteiger partial charge in [0.15, 0.2) is 5.13 Å². The third-order valence-electron chi connectivity index (χ3n) is 3.04. The lowest BCUT2D eigenvalue weighted by Gasteiger charge is -2.03. The van der Waals surface area contributed by atoms with E-state index in [2.05, 4.69) is 15.3 Å². The number of anilines is 2. The molecule has 0 fully saturated rings. The van der Waals surface area contributed by atoms with Gasteiger partial charge >= 0.3 is 0 Å². The second-order valence-corrected chi connectivity index (χ2v) is 6.82. The van der Waals surface area contributed by atoms with Gasteiger partial charge in [0.25, 0.3) is 0 Å². The van der Waals surface area contributed by atoms with Gasteiger partial charge in [0.05, 0.1) is 21.3 Å². The molecule has 0 aliphatic carbocycles. The van der Waals surface area contributed by atoms with Crippen molar-refractivity contribution < 1.29 is 4.79 Å². The number of carbonyl (C=O) groups is 1. The van der Waals surface area contributed by atoms with Crippen LogP contribution < -0.4 is 11.1 Å². The molecule has 0 saturated carbocycles. The van der Waals surface area contributed by atoms with Crippen molar-refractivity contribution in [1.29, 1.82) is 0 Å². The van der Waals surface area contributed by atoms with Gasteiger partial charge in [-0.05, 0) is 32.0 Å². The minimum atomic E-state index is -0.445. The number of amides is 1. The van der Waals surface area contributed by atoms with Gasteiger partial charge in [0.1, 0.15) is 0 Å². The summed E-state index contributed by atoms with van der Waals surface area (Å²) >= 11 is 3.15. The molecule has 0 aliphatic rings. The molecule has 0 unspecified atom stereocenters. The molecule has 0 bridgehead atoms. The first-order chi connectivity index (χ1) is 11.5. The third-order valence-corrected chi connectivity index (χ3v) is 4.89. The maximum absolute atomic E-state index is 11.2. The van der Waals surface area contributed by atoms with E-state index in [1.54, 1.807) is 29.5 Å². The van der Waals surface area contributed by atoms with Gasteiger partial charge in [0, 0.05) is 16.6 Å². The van der Waals surface area contributed by atoms with Crippen molar-refractivity contribution in [3.63, 3.8) is 0 Å². The van der Waals surface area contributed by atoms with E-state index in [0.717, 1.165) is 32.1 Å². The molecule has 24 heavy (non-hydrogen) atoms. The topological polar surface area (TPSA) is 80.9 Å². The number of hydrogen-bond donors (Lipinski definition) is 2. The van der Waals surface area contributed by atoms with Crippen LogP contribution in [-0.4, -0.2) is 15.9 Å². The molecule has 2 heterocycles. The van der Waals surface area contributed by atoms with Crippen molar-refractivity contribution in [2.75, 3.05) is 5.32 Å². The first-order valence-corrected chi connectivity index (χ1v) is 9.29. The molecule has 3 N–H and O–H groups in total. The number of hydrogen-bond acceptors (Lipinski definition) is 6. The molecule has 0 atom stereocenters. The number of nitrogens with zero attached hydrogens (tertiary/aromatic N) is 2. The fraction of sp³-hybridized carbons (Fsp3) is 0.235. The summed E-state index contributed by atoms with van der Waals surface area (Å²) in [6, 6.07) is 7.05. The number of rotatable bonds is 4. The van der Waals surface area contributed by atoms with E-state index in [1.807, 2.05) is 39.1 Å². The molecule has 0 saturated heterocycles. The largest absolute Gasteiger partial charge is 0.366 e. The Kier molecular flexibility index (Phi) is 6.05. The SMILES string of the molecule is CC.Cc1nc(C)c(-c2csc(Nc3cccc(C(N)=O)c3)n2)s1. The van der Waals surface area contributed by atoms with Gasteiger partial charge in [0.2, 0.25) is 5.91 Å². The van der Waals surface area contributed by atoms with Crippen LogP contribution >= 0.6 is 22.7 Å². The Bertz CT molecular complexity index is 839. The number of thiazole rings is 2. The number of primary amides is 1. The first kappa shape index (κ1) is 18.1. The zero-order valence-corrected chi connectivity index (χ0v) is 15.7. The molecule has 7 heteroatoms. The van der Waals surface area contributed by atoms with Gasteiger partial charge in [-0.25, -0.2) is 9.97 Å². The highest BCUT2D eigenvalue weighted by molar-refractivity contribution is 7.16. The van der Waals surface area contributed by atoms with Crippen molar-refractivity contribution in [2.45, 2.75) is 27.7 Å². The highest BCUT2D eigenvalue weighted by Gasteiger charge is 2.11. The zero-order chi connectivity index (χ0) is 17.7. The number of aromatic nitrogens is 2. The van der Waals surface area contributed by atoms with Gasteiger partial charge in [-0.2, -0.15) is 0 Å². The fourth-order valence-corrected chi connectivity index (χ4v) is 3.75. The van der Waals surface area contributed by atoms with Crippen LogP contribution in [0.2, 0.25) is 0 Å². The maximum atomic E-state index is 11.2. The summed E-state index contributed by atoms with van der Waals surface area (Å²) in [5.74, 6) is -0.445. The Morgan fingerprint density at radius 1 is 1.21 bits per heavy atom. The molecule has 0 aliphatic heterocycles. The Morgan fingerprint density at radius 2 is 1.96 bits per heavy atom. The molecule has 0 spiro atoms. The van der Waals surface area contributed by atoms with Gasteiger partial charge in [-0.15, -0.1) is 22.7 Å². The third kappa shape index (κ3) is 4.18.